The number of amides is 1. The first-order valence-corrected chi connectivity index (χ1v) is 8.11. The van der Waals surface area contributed by atoms with E-state index in [1.807, 2.05) is 44.1 Å². The van der Waals surface area contributed by atoms with E-state index in [2.05, 4.69) is 15.5 Å². The van der Waals surface area contributed by atoms with Gasteiger partial charge in [0, 0.05) is 13.1 Å². The zero-order valence-electron chi connectivity index (χ0n) is 13.3. The van der Waals surface area contributed by atoms with Gasteiger partial charge in [-0.1, -0.05) is 11.2 Å². The van der Waals surface area contributed by atoms with Crippen LogP contribution in [0, 0.1) is 6.92 Å². The summed E-state index contributed by atoms with van der Waals surface area (Å²) in [4.78, 5) is 19.0. The molecule has 0 aliphatic rings. The van der Waals surface area contributed by atoms with Gasteiger partial charge in [-0.3, -0.25) is 4.79 Å². The maximum atomic E-state index is 12.1. The number of hydrogen-bond donors (Lipinski definition) is 1. The molecule has 0 radical (unpaired) electrons. The number of carbonyl (C=O) groups is 1. The Morgan fingerprint density at radius 1 is 1.39 bits per heavy atom. The number of benzene rings is 1. The first-order chi connectivity index (χ1) is 11.0. The molecule has 0 saturated carbocycles. The van der Waals surface area contributed by atoms with Gasteiger partial charge in [0.15, 0.2) is 5.58 Å². The Labute approximate surface area is 138 Å². The van der Waals surface area contributed by atoms with Crippen molar-refractivity contribution in [2.24, 2.45) is 0 Å². The van der Waals surface area contributed by atoms with E-state index in [-0.39, 0.29) is 5.91 Å². The average molecular weight is 330 g/mol. The second kappa shape index (κ2) is 6.47. The fourth-order valence-corrected chi connectivity index (χ4v) is 3.00. The molecule has 1 amide bonds. The highest BCUT2D eigenvalue weighted by Gasteiger charge is 2.16. The van der Waals surface area contributed by atoms with E-state index < -0.39 is 0 Å². The van der Waals surface area contributed by atoms with Crippen LogP contribution in [-0.4, -0.2) is 48.1 Å². The zero-order chi connectivity index (χ0) is 16.4. The fourth-order valence-electron chi connectivity index (χ4n) is 2.17. The van der Waals surface area contributed by atoms with Crippen molar-refractivity contribution in [3.05, 3.63) is 34.8 Å². The molecule has 1 aromatic carbocycles. The van der Waals surface area contributed by atoms with E-state index in [1.165, 1.54) is 11.3 Å². The van der Waals surface area contributed by atoms with E-state index in [9.17, 15) is 4.79 Å². The predicted molar refractivity (Wildman–Crippen MR) is 90.7 cm³/mol. The second-order valence-electron chi connectivity index (χ2n) is 5.62. The first kappa shape index (κ1) is 15.6. The maximum absolute atomic E-state index is 12.1. The molecular formula is C16H18N4O2S. The van der Waals surface area contributed by atoms with Crippen LogP contribution in [0.2, 0.25) is 0 Å². The first-order valence-electron chi connectivity index (χ1n) is 7.30. The van der Waals surface area contributed by atoms with E-state index in [1.54, 1.807) is 6.20 Å². The molecule has 0 fully saturated rings. The van der Waals surface area contributed by atoms with Crippen molar-refractivity contribution in [1.29, 1.82) is 0 Å². The number of likely N-dealkylation sites (N-methyl/N-ethyl adjacent to an activating group) is 1. The van der Waals surface area contributed by atoms with Gasteiger partial charge in [-0.2, -0.15) is 0 Å². The Hall–Kier alpha value is -2.25. The Kier molecular flexibility index (Phi) is 4.40. The second-order valence-corrected chi connectivity index (χ2v) is 6.65. The third-order valence-corrected chi connectivity index (χ3v) is 4.41. The molecule has 3 rings (SSSR count). The number of carbonyl (C=O) groups excluding carboxylic acids is 1. The van der Waals surface area contributed by atoms with Gasteiger partial charge < -0.3 is 14.7 Å². The summed E-state index contributed by atoms with van der Waals surface area (Å²) < 4.78 is 5.36. The lowest BCUT2D eigenvalue weighted by atomic mass is 10.1. The number of nitrogens with zero attached hydrogens (tertiary/aromatic N) is 3. The third kappa shape index (κ3) is 3.40. The molecule has 0 bridgehead atoms. The Balaban J connectivity index is 1.79. The highest BCUT2D eigenvalue weighted by atomic mass is 32.1. The quantitative estimate of drug-likeness (QED) is 0.778. The minimum absolute atomic E-state index is 0.112. The predicted octanol–water partition coefficient (Wildman–Crippen LogP) is 2.55. The Morgan fingerprint density at radius 2 is 2.22 bits per heavy atom. The van der Waals surface area contributed by atoms with Crippen molar-refractivity contribution in [2.45, 2.75) is 6.92 Å². The van der Waals surface area contributed by atoms with Crippen LogP contribution in [0.15, 0.2) is 28.9 Å². The van der Waals surface area contributed by atoms with Crippen LogP contribution >= 0.6 is 11.3 Å². The molecule has 3 aromatic rings. The van der Waals surface area contributed by atoms with E-state index >= 15 is 0 Å². The number of nitrogens with one attached hydrogen (secondary N) is 1. The largest absolute Gasteiger partial charge is 0.356 e. The van der Waals surface area contributed by atoms with Crippen molar-refractivity contribution in [2.75, 3.05) is 27.2 Å². The number of aromatic nitrogens is 2. The molecule has 1 N–H and O–H groups in total. The lowest BCUT2D eigenvalue weighted by molar-refractivity contribution is 0.0955. The van der Waals surface area contributed by atoms with Gasteiger partial charge in [-0.05, 0) is 38.7 Å². The maximum Gasteiger partial charge on any atom is 0.263 e. The summed E-state index contributed by atoms with van der Waals surface area (Å²) in [5.74, 6) is -0.112. The van der Waals surface area contributed by atoms with Crippen molar-refractivity contribution in [3.8, 4) is 10.7 Å². The molecule has 120 valence electrons. The molecular weight excluding hydrogens is 312 g/mol. The smallest absolute Gasteiger partial charge is 0.263 e. The lowest BCUT2D eigenvalue weighted by Crippen LogP contribution is -2.30. The van der Waals surface area contributed by atoms with Crippen LogP contribution in [-0.2, 0) is 0 Å². The van der Waals surface area contributed by atoms with Crippen LogP contribution in [0.1, 0.15) is 15.2 Å². The number of fused-ring (bicyclic) bond motifs is 1. The van der Waals surface area contributed by atoms with Gasteiger partial charge in [-0.15, -0.1) is 11.3 Å². The van der Waals surface area contributed by atoms with Gasteiger partial charge in [0.25, 0.3) is 5.91 Å². The average Bonchev–Trinajstić information content (AvgIpc) is 3.12. The Bertz CT molecular complexity index is 838. The van der Waals surface area contributed by atoms with Crippen LogP contribution in [0.25, 0.3) is 21.7 Å². The summed E-state index contributed by atoms with van der Waals surface area (Å²) >= 11 is 1.32. The highest BCUT2D eigenvalue weighted by molar-refractivity contribution is 7.17. The molecule has 0 aliphatic carbocycles. The minimum atomic E-state index is -0.112. The fraction of sp³-hybridized carbons (Fsp3) is 0.312. The van der Waals surface area contributed by atoms with E-state index in [0.29, 0.717) is 22.1 Å². The molecule has 0 aliphatic heterocycles. The Morgan fingerprint density at radius 3 is 3.00 bits per heavy atom. The third-order valence-electron chi connectivity index (χ3n) is 3.40. The van der Waals surface area contributed by atoms with Gasteiger partial charge >= 0.3 is 0 Å². The van der Waals surface area contributed by atoms with Gasteiger partial charge in [0.2, 0.25) is 0 Å². The van der Waals surface area contributed by atoms with Gasteiger partial charge in [-0.25, -0.2) is 4.98 Å². The van der Waals surface area contributed by atoms with E-state index in [0.717, 1.165) is 23.1 Å². The summed E-state index contributed by atoms with van der Waals surface area (Å²) in [6.45, 7) is 3.40. The number of aryl methyl sites for hydroxylation is 1. The minimum Gasteiger partial charge on any atom is -0.356 e. The number of rotatable bonds is 5. The van der Waals surface area contributed by atoms with Crippen molar-refractivity contribution >= 4 is 28.2 Å². The van der Waals surface area contributed by atoms with Crippen LogP contribution in [0.5, 0.6) is 0 Å². The summed E-state index contributed by atoms with van der Waals surface area (Å²) in [5, 5.41) is 8.57. The van der Waals surface area contributed by atoms with Crippen molar-refractivity contribution in [3.63, 3.8) is 0 Å². The molecule has 0 saturated heterocycles. The van der Waals surface area contributed by atoms with Gasteiger partial charge in [0.1, 0.15) is 15.6 Å². The normalized spacial score (nSPS) is 11.3. The molecule has 0 unspecified atom stereocenters. The monoisotopic (exact) mass is 330 g/mol. The van der Waals surface area contributed by atoms with Crippen LogP contribution in [0.3, 0.4) is 0 Å². The summed E-state index contributed by atoms with van der Waals surface area (Å²) in [6.07, 6.45) is 1.58. The van der Waals surface area contributed by atoms with Crippen molar-refractivity contribution < 1.29 is 9.32 Å². The van der Waals surface area contributed by atoms with Crippen LogP contribution < -0.4 is 5.32 Å². The molecule has 23 heavy (non-hydrogen) atoms. The number of hydrogen-bond acceptors (Lipinski definition) is 6. The molecule has 0 atom stereocenters. The van der Waals surface area contributed by atoms with E-state index in [4.69, 9.17) is 4.52 Å². The molecule has 6 nitrogen and oxygen atoms in total. The molecule has 7 heteroatoms. The summed E-state index contributed by atoms with van der Waals surface area (Å²) in [7, 11) is 3.93. The SMILES string of the molecule is Cc1ccc2c(-c3ncc(C(=O)NCCN(C)C)s3)noc2c1. The molecule has 0 spiro atoms. The number of thiazole rings is 1. The molecule has 2 aromatic heterocycles. The standard InChI is InChI=1S/C16H18N4O2S/c1-10-4-5-11-12(8-10)22-19-14(11)16-18-9-13(23-16)15(21)17-6-7-20(2)3/h4-5,8-9H,6-7H2,1-3H3,(H,17,21). The lowest BCUT2D eigenvalue weighted by Gasteiger charge is -2.09. The topological polar surface area (TPSA) is 71.3 Å². The highest BCUT2D eigenvalue weighted by Crippen LogP contribution is 2.31. The molecule has 2 heterocycles. The van der Waals surface area contributed by atoms with Crippen LogP contribution in [0.4, 0.5) is 0 Å². The van der Waals surface area contributed by atoms with Crippen molar-refractivity contribution in [1.82, 2.24) is 20.4 Å². The van der Waals surface area contributed by atoms with Gasteiger partial charge in [0.05, 0.1) is 11.6 Å². The summed E-state index contributed by atoms with van der Waals surface area (Å²) in [5.41, 5.74) is 2.52. The summed E-state index contributed by atoms with van der Waals surface area (Å²) in [6, 6.07) is 5.91. The zero-order valence-corrected chi connectivity index (χ0v) is 14.1.